The minimum Gasteiger partial charge on any atom is -0.305 e. The van der Waals surface area contributed by atoms with Crippen molar-refractivity contribution in [3.8, 4) is 0 Å². The molecule has 0 N–H and O–H groups in total. The van der Waals surface area contributed by atoms with E-state index >= 15 is 0 Å². The first kappa shape index (κ1) is 19.4. The molecule has 2 aromatic heterocycles. The number of nitrogens with zero attached hydrogens (tertiary/aromatic N) is 5. The summed E-state index contributed by atoms with van der Waals surface area (Å²) in [4.78, 5) is 9.37. The molecule has 0 spiro atoms. The van der Waals surface area contributed by atoms with Gasteiger partial charge < -0.3 is 4.90 Å². The highest BCUT2D eigenvalue weighted by Crippen LogP contribution is 2.29. The van der Waals surface area contributed by atoms with Crippen LogP contribution in [0.2, 0.25) is 5.02 Å². The summed E-state index contributed by atoms with van der Waals surface area (Å²) in [5, 5.41) is 5.65. The van der Waals surface area contributed by atoms with Crippen molar-refractivity contribution in [2.75, 3.05) is 27.2 Å². The highest BCUT2D eigenvalue weighted by atomic mass is 35.5. The van der Waals surface area contributed by atoms with Crippen LogP contribution in [0.15, 0.2) is 36.5 Å². The second kappa shape index (κ2) is 8.19. The summed E-state index contributed by atoms with van der Waals surface area (Å²) in [6.07, 6.45) is 4.34. The molecule has 3 aromatic rings. The molecule has 5 nitrogen and oxygen atoms in total. The van der Waals surface area contributed by atoms with Gasteiger partial charge in [-0.05, 0) is 64.2 Å². The molecular weight excluding hydrogens is 370 g/mol. The fourth-order valence-corrected chi connectivity index (χ4v) is 4.34. The normalized spacial score (nSPS) is 18.2. The Balaban J connectivity index is 1.58. The summed E-state index contributed by atoms with van der Waals surface area (Å²) in [6.45, 7) is 6.09. The van der Waals surface area contributed by atoms with Crippen LogP contribution >= 0.6 is 11.6 Å². The zero-order valence-corrected chi connectivity index (χ0v) is 17.7. The van der Waals surface area contributed by atoms with Crippen LogP contribution in [0.3, 0.4) is 0 Å². The van der Waals surface area contributed by atoms with Gasteiger partial charge in [-0.1, -0.05) is 23.7 Å². The van der Waals surface area contributed by atoms with Crippen molar-refractivity contribution < 1.29 is 0 Å². The first-order chi connectivity index (χ1) is 13.5. The maximum absolute atomic E-state index is 6.03. The summed E-state index contributed by atoms with van der Waals surface area (Å²) < 4.78 is 2.09. The van der Waals surface area contributed by atoms with Gasteiger partial charge in [0.15, 0.2) is 5.65 Å². The first-order valence-corrected chi connectivity index (χ1v) is 10.3. The molecule has 28 heavy (non-hydrogen) atoms. The Morgan fingerprint density at radius 1 is 1.18 bits per heavy atom. The molecule has 0 unspecified atom stereocenters. The Morgan fingerprint density at radius 3 is 2.71 bits per heavy atom. The molecule has 6 heteroatoms. The number of hydrogen-bond acceptors (Lipinski definition) is 4. The maximum Gasteiger partial charge on any atom is 0.160 e. The third-order valence-corrected chi connectivity index (χ3v) is 5.81. The number of aryl methyl sites for hydroxylation is 1. The van der Waals surface area contributed by atoms with Crippen LogP contribution in [0.4, 0.5) is 0 Å². The number of aromatic nitrogens is 3. The predicted molar refractivity (Wildman–Crippen MR) is 114 cm³/mol. The molecule has 0 amide bonds. The lowest BCUT2D eigenvalue weighted by Gasteiger charge is -2.33. The van der Waals surface area contributed by atoms with Gasteiger partial charge in [-0.3, -0.25) is 4.90 Å². The Hall–Kier alpha value is -1.95. The van der Waals surface area contributed by atoms with Gasteiger partial charge in [-0.2, -0.15) is 5.10 Å². The van der Waals surface area contributed by atoms with Crippen LogP contribution in [0, 0.1) is 6.92 Å². The molecule has 0 saturated carbocycles. The van der Waals surface area contributed by atoms with Gasteiger partial charge in [0, 0.05) is 42.3 Å². The third-order valence-electron chi connectivity index (χ3n) is 5.56. The van der Waals surface area contributed by atoms with E-state index in [2.05, 4.69) is 58.5 Å². The third kappa shape index (κ3) is 4.07. The van der Waals surface area contributed by atoms with Crippen LogP contribution < -0.4 is 0 Å². The second-order valence-corrected chi connectivity index (χ2v) is 8.54. The van der Waals surface area contributed by atoms with E-state index in [0.717, 1.165) is 42.5 Å². The molecule has 3 heterocycles. The Bertz CT molecular complexity index is 947. The number of fused-ring (bicyclic) bond motifs is 1. The van der Waals surface area contributed by atoms with E-state index in [-0.39, 0.29) is 0 Å². The van der Waals surface area contributed by atoms with E-state index in [1.54, 1.807) is 0 Å². The predicted octanol–water partition coefficient (Wildman–Crippen LogP) is 4.13. The molecule has 0 radical (unpaired) electrons. The van der Waals surface area contributed by atoms with Crippen LogP contribution in [0.25, 0.3) is 5.65 Å². The second-order valence-electron chi connectivity index (χ2n) is 8.11. The molecule has 1 aliphatic rings. The summed E-state index contributed by atoms with van der Waals surface area (Å²) in [5.41, 5.74) is 5.88. The zero-order valence-electron chi connectivity index (χ0n) is 16.9. The zero-order chi connectivity index (χ0) is 19.7. The van der Waals surface area contributed by atoms with E-state index in [1.165, 1.54) is 29.7 Å². The minimum absolute atomic E-state index is 0.470. The summed E-state index contributed by atoms with van der Waals surface area (Å²) >= 11 is 6.03. The highest BCUT2D eigenvalue weighted by molar-refractivity contribution is 6.30. The van der Waals surface area contributed by atoms with Gasteiger partial charge in [-0.25, -0.2) is 9.50 Å². The number of hydrogen-bond donors (Lipinski definition) is 0. The van der Waals surface area contributed by atoms with Crippen molar-refractivity contribution in [2.45, 2.75) is 38.8 Å². The van der Waals surface area contributed by atoms with Crippen LogP contribution in [0.1, 0.15) is 41.3 Å². The molecule has 0 bridgehead atoms. The largest absolute Gasteiger partial charge is 0.305 e. The van der Waals surface area contributed by atoms with Gasteiger partial charge in [0.25, 0.3) is 0 Å². The van der Waals surface area contributed by atoms with Gasteiger partial charge in [-0.15, -0.1) is 0 Å². The van der Waals surface area contributed by atoms with Gasteiger partial charge in [0.1, 0.15) is 0 Å². The number of halogens is 1. The highest BCUT2D eigenvalue weighted by Gasteiger charge is 2.25. The minimum atomic E-state index is 0.470. The van der Waals surface area contributed by atoms with Crippen molar-refractivity contribution in [1.29, 1.82) is 0 Å². The Labute approximate surface area is 171 Å². The number of piperidine rings is 1. The molecule has 1 aromatic carbocycles. The Morgan fingerprint density at radius 2 is 1.96 bits per heavy atom. The van der Waals surface area contributed by atoms with Crippen LogP contribution in [-0.4, -0.2) is 51.6 Å². The Kier molecular flexibility index (Phi) is 5.67. The monoisotopic (exact) mass is 397 g/mol. The molecule has 148 valence electrons. The lowest BCUT2D eigenvalue weighted by Crippen LogP contribution is -2.34. The van der Waals surface area contributed by atoms with E-state index < -0.39 is 0 Å². The summed E-state index contributed by atoms with van der Waals surface area (Å²) in [7, 11) is 4.17. The van der Waals surface area contributed by atoms with Crippen LogP contribution in [0.5, 0.6) is 0 Å². The van der Waals surface area contributed by atoms with E-state index in [1.807, 2.05) is 18.3 Å². The van der Waals surface area contributed by atoms with Crippen molar-refractivity contribution >= 4 is 17.2 Å². The van der Waals surface area contributed by atoms with E-state index in [4.69, 9.17) is 16.7 Å². The number of benzene rings is 1. The standard InChI is InChI=1S/C22H28ClN5/c1-16-20(15-26(2)3)22-24-11-10-21(28(22)25-16)18-5-4-12-27(14-18)13-17-6-8-19(23)9-7-17/h6-11,18H,4-5,12-15H2,1-3H3/t18-/m0/s1. The van der Waals surface area contributed by atoms with Crippen molar-refractivity contribution in [3.05, 3.63) is 64.1 Å². The van der Waals surface area contributed by atoms with Crippen LogP contribution in [-0.2, 0) is 13.1 Å². The molecular formula is C22H28ClN5. The smallest absolute Gasteiger partial charge is 0.160 e. The molecule has 1 saturated heterocycles. The van der Waals surface area contributed by atoms with Crippen molar-refractivity contribution in [3.63, 3.8) is 0 Å². The molecule has 0 aliphatic carbocycles. The average Bonchev–Trinajstić information content (AvgIpc) is 2.99. The van der Waals surface area contributed by atoms with Crippen molar-refractivity contribution in [1.82, 2.24) is 24.4 Å². The maximum atomic E-state index is 6.03. The number of rotatable bonds is 5. The van der Waals surface area contributed by atoms with E-state index in [9.17, 15) is 0 Å². The van der Waals surface area contributed by atoms with Crippen molar-refractivity contribution in [2.24, 2.45) is 0 Å². The molecule has 1 aliphatic heterocycles. The van der Waals surface area contributed by atoms with Gasteiger partial charge >= 0.3 is 0 Å². The summed E-state index contributed by atoms with van der Waals surface area (Å²) in [5.74, 6) is 0.470. The SMILES string of the molecule is Cc1nn2c([C@H]3CCCN(Cc4ccc(Cl)cc4)C3)ccnc2c1CN(C)C. The fourth-order valence-electron chi connectivity index (χ4n) is 4.21. The number of likely N-dealkylation sites (tertiary alicyclic amines) is 1. The van der Waals surface area contributed by atoms with Gasteiger partial charge in [0.2, 0.25) is 0 Å². The van der Waals surface area contributed by atoms with Gasteiger partial charge in [0.05, 0.1) is 11.4 Å². The quantitative estimate of drug-likeness (QED) is 0.648. The summed E-state index contributed by atoms with van der Waals surface area (Å²) in [6, 6.07) is 10.4. The lowest BCUT2D eigenvalue weighted by atomic mass is 9.94. The van der Waals surface area contributed by atoms with E-state index in [0.29, 0.717) is 5.92 Å². The fraction of sp³-hybridized carbons (Fsp3) is 0.455. The average molecular weight is 398 g/mol. The lowest BCUT2D eigenvalue weighted by molar-refractivity contribution is 0.197. The molecule has 4 rings (SSSR count). The molecule has 1 atom stereocenters. The topological polar surface area (TPSA) is 36.7 Å². The first-order valence-electron chi connectivity index (χ1n) is 9.96. The molecule has 1 fully saturated rings.